The second-order valence-corrected chi connectivity index (χ2v) is 8.28. The Bertz CT molecular complexity index is 657. The van der Waals surface area contributed by atoms with Gasteiger partial charge in [0.05, 0.1) is 16.7 Å². The molecule has 1 aliphatic heterocycles. The summed E-state index contributed by atoms with van der Waals surface area (Å²) in [5, 5.41) is 2.99. The first-order valence-corrected chi connectivity index (χ1v) is 9.14. The minimum atomic E-state index is -0.277. The van der Waals surface area contributed by atoms with Crippen molar-refractivity contribution in [1.29, 1.82) is 0 Å². The second kappa shape index (κ2) is 5.33. The number of nitrogens with one attached hydrogen (secondary N) is 1. The van der Waals surface area contributed by atoms with Crippen LogP contribution in [0.4, 0.5) is 5.69 Å². The monoisotopic (exact) mass is 377 g/mol. The molecule has 6 atom stereocenters. The van der Waals surface area contributed by atoms with E-state index in [1.54, 1.807) is 0 Å². The summed E-state index contributed by atoms with van der Waals surface area (Å²) in [7, 11) is 0. The first kappa shape index (κ1) is 15.2. The molecule has 4 rings (SSSR count). The van der Waals surface area contributed by atoms with Crippen molar-refractivity contribution in [3.63, 3.8) is 0 Å². The lowest BCUT2D eigenvalue weighted by molar-refractivity contribution is -0.145. The van der Waals surface area contributed by atoms with Crippen LogP contribution >= 0.6 is 15.9 Å². The SMILES string of the molecule is CC(C)c1ccc(NC(=O)[C@@H]2[C@@H]3C(=O)O[C@H]4C(Br)[C@H]2C[C@@H]34)cc1. The summed E-state index contributed by atoms with van der Waals surface area (Å²) < 4.78 is 5.46. The third-order valence-electron chi connectivity index (χ3n) is 5.67. The molecule has 1 aromatic carbocycles. The highest BCUT2D eigenvalue weighted by atomic mass is 79.9. The molecule has 0 radical (unpaired) electrons. The van der Waals surface area contributed by atoms with E-state index in [0.717, 1.165) is 12.1 Å². The van der Waals surface area contributed by atoms with E-state index in [2.05, 4.69) is 35.1 Å². The van der Waals surface area contributed by atoms with Gasteiger partial charge in [-0.1, -0.05) is 41.9 Å². The van der Waals surface area contributed by atoms with Crippen LogP contribution in [0, 0.1) is 23.7 Å². The second-order valence-electron chi connectivity index (χ2n) is 7.23. The van der Waals surface area contributed by atoms with E-state index in [9.17, 15) is 9.59 Å². The molecule has 3 fully saturated rings. The summed E-state index contributed by atoms with van der Waals surface area (Å²) >= 11 is 3.64. The number of halogens is 1. The predicted octanol–water partition coefficient (Wildman–Crippen LogP) is 3.32. The summed E-state index contributed by atoms with van der Waals surface area (Å²) in [5.41, 5.74) is 2.03. The summed E-state index contributed by atoms with van der Waals surface area (Å²) in [6, 6.07) is 7.94. The summed E-state index contributed by atoms with van der Waals surface area (Å²) in [5.74, 6) is 0.0763. The van der Waals surface area contributed by atoms with Crippen LogP contribution in [-0.2, 0) is 14.3 Å². The van der Waals surface area contributed by atoms with Gasteiger partial charge in [0, 0.05) is 11.6 Å². The van der Waals surface area contributed by atoms with E-state index in [-0.39, 0.29) is 46.5 Å². The zero-order valence-corrected chi connectivity index (χ0v) is 14.7. The smallest absolute Gasteiger partial charge is 0.310 e. The zero-order valence-electron chi connectivity index (χ0n) is 13.2. The number of fused-ring (bicyclic) bond motifs is 1. The molecule has 1 N–H and O–H groups in total. The van der Waals surface area contributed by atoms with Crippen molar-refractivity contribution in [3.05, 3.63) is 29.8 Å². The highest BCUT2D eigenvalue weighted by Crippen LogP contribution is 2.60. The Labute approximate surface area is 144 Å². The van der Waals surface area contributed by atoms with E-state index < -0.39 is 0 Å². The summed E-state index contributed by atoms with van der Waals surface area (Å²) in [6.07, 6.45) is 0.869. The van der Waals surface area contributed by atoms with E-state index in [1.807, 2.05) is 24.3 Å². The molecule has 1 heterocycles. The van der Waals surface area contributed by atoms with Gasteiger partial charge < -0.3 is 10.1 Å². The largest absolute Gasteiger partial charge is 0.461 e. The number of benzene rings is 1. The van der Waals surface area contributed by atoms with Gasteiger partial charge in [-0.25, -0.2) is 0 Å². The maximum Gasteiger partial charge on any atom is 0.310 e. The van der Waals surface area contributed by atoms with Crippen LogP contribution in [-0.4, -0.2) is 22.8 Å². The molecular weight excluding hydrogens is 358 g/mol. The Kier molecular flexibility index (Phi) is 3.52. The predicted molar refractivity (Wildman–Crippen MR) is 90.3 cm³/mol. The molecule has 1 unspecified atom stereocenters. The molecule has 0 spiro atoms. The number of amides is 1. The minimum Gasteiger partial charge on any atom is -0.461 e. The van der Waals surface area contributed by atoms with E-state index >= 15 is 0 Å². The molecular formula is C18H20BrNO3. The van der Waals surface area contributed by atoms with Gasteiger partial charge in [0.2, 0.25) is 5.91 Å². The van der Waals surface area contributed by atoms with Crippen LogP contribution in [0.1, 0.15) is 31.7 Å². The van der Waals surface area contributed by atoms with Crippen molar-refractivity contribution >= 4 is 33.5 Å². The lowest BCUT2D eigenvalue weighted by atomic mass is 9.79. The van der Waals surface area contributed by atoms with Gasteiger partial charge in [0.15, 0.2) is 0 Å². The fourth-order valence-electron chi connectivity index (χ4n) is 4.51. The number of alkyl halides is 1. The number of esters is 1. The van der Waals surface area contributed by atoms with Crippen LogP contribution in [0.25, 0.3) is 0 Å². The van der Waals surface area contributed by atoms with Gasteiger partial charge in [-0.3, -0.25) is 9.59 Å². The number of hydrogen-bond acceptors (Lipinski definition) is 3. The van der Waals surface area contributed by atoms with Crippen molar-refractivity contribution in [3.8, 4) is 0 Å². The summed E-state index contributed by atoms with van der Waals surface area (Å²) in [6.45, 7) is 4.28. The highest BCUT2D eigenvalue weighted by Gasteiger charge is 2.67. The van der Waals surface area contributed by atoms with E-state index in [0.29, 0.717) is 5.92 Å². The number of rotatable bonds is 3. The van der Waals surface area contributed by atoms with Gasteiger partial charge in [0.25, 0.3) is 0 Å². The first-order valence-electron chi connectivity index (χ1n) is 8.22. The molecule has 5 heteroatoms. The fourth-order valence-corrected chi connectivity index (χ4v) is 5.55. The molecule has 0 aromatic heterocycles. The van der Waals surface area contributed by atoms with Crippen molar-refractivity contribution in [2.45, 2.75) is 37.1 Å². The lowest BCUT2D eigenvalue weighted by Gasteiger charge is -2.27. The molecule has 122 valence electrons. The number of anilines is 1. The van der Waals surface area contributed by atoms with Crippen molar-refractivity contribution in [1.82, 2.24) is 0 Å². The van der Waals surface area contributed by atoms with Gasteiger partial charge in [0.1, 0.15) is 6.10 Å². The van der Waals surface area contributed by atoms with Gasteiger partial charge in [-0.15, -0.1) is 0 Å². The molecule has 4 nitrogen and oxygen atoms in total. The Morgan fingerprint density at radius 3 is 2.61 bits per heavy atom. The highest BCUT2D eigenvalue weighted by molar-refractivity contribution is 9.09. The number of ether oxygens (including phenoxy) is 1. The number of carbonyl (C=O) groups excluding carboxylic acids is 2. The molecule has 1 amide bonds. The van der Waals surface area contributed by atoms with E-state index in [1.165, 1.54) is 5.56 Å². The van der Waals surface area contributed by atoms with Gasteiger partial charge >= 0.3 is 5.97 Å². The van der Waals surface area contributed by atoms with Crippen molar-refractivity contribution in [2.75, 3.05) is 5.32 Å². The van der Waals surface area contributed by atoms with Crippen LogP contribution in [0.15, 0.2) is 24.3 Å². The van der Waals surface area contributed by atoms with Crippen LogP contribution in [0.3, 0.4) is 0 Å². The average molecular weight is 378 g/mol. The number of carbonyl (C=O) groups is 2. The van der Waals surface area contributed by atoms with Crippen molar-refractivity contribution < 1.29 is 14.3 Å². The van der Waals surface area contributed by atoms with Crippen molar-refractivity contribution in [2.24, 2.45) is 23.7 Å². The molecule has 1 aromatic rings. The van der Waals surface area contributed by atoms with Crippen LogP contribution in [0.2, 0.25) is 0 Å². The number of hydrogen-bond donors (Lipinski definition) is 1. The Morgan fingerprint density at radius 1 is 1.26 bits per heavy atom. The Morgan fingerprint density at radius 2 is 1.96 bits per heavy atom. The van der Waals surface area contributed by atoms with Crippen LogP contribution < -0.4 is 5.32 Å². The van der Waals surface area contributed by atoms with Crippen LogP contribution in [0.5, 0.6) is 0 Å². The van der Waals surface area contributed by atoms with E-state index in [4.69, 9.17) is 4.74 Å². The third kappa shape index (κ3) is 2.24. The third-order valence-corrected chi connectivity index (χ3v) is 6.87. The maximum absolute atomic E-state index is 12.8. The molecule has 3 aliphatic rings. The molecule has 1 saturated heterocycles. The van der Waals surface area contributed by atoms with Gasteiger partial charge in [-0.2, -0.15) is 0 Å². The molecule has 2 saturated carbocycles. The normalized spacial score (nSPS) is 37.3. The molecule has 23 heavy (non-hydrogen) atoms. The summed E-state index contributed by atoms with van der Waals surface area (Å²) in [4.78, 5) is 25.0. The topological polar surface area (TPSA) is 55.4 Å². The standard InChI is InChI=1S/C18H20BrNO3/c1-8(2)9-3-5-10(6-4-9)20-17(21)13-11-7-12-14(13)18(22)23-16(12)15(11)19/h3-6,8,11-16H,7H2,1-2H3,(H,20,21)/t11-,12-,13-,14+,15?,16+/m0/s1. The first-order chi connectivity index (χ1) is 11.0. The minimum absolute atomic E-state index is 0.0353. The fraction of sp³-hybridized carbons (Fsp3) is 0.556. The molecule has 2 bridgehead atoms. The Balaban J connectivity index is 1.52. The zero-order chi connectivity index (χ0) is 16.3. The molecule has 2 aliphatic carbocycles. The lowest BCUT2D eigenvalue weighted by Crippen LogP contribution is -2.40. The quantitative estimate of drug-likeness (QED) is 0.649. The van der Waals surface area contributed by atoms with Gasteiger partial charge in [-0.05, 0) is 36.0 Å². The Hall–Kier alpha value is -1.36. The average Bonchev–Trinajstić information content (AvgIpc) is 3.12. The maximum atomic E-state index is 12.8.